The minimum Gasteiger partial charge on any atom is -0.481 e. The van der Waals surface area contributed by atoms with Crippen LogP contribution in [-0.4, -0.2) is 45.6 Å². The van der Waals surface area contributed by atoms with E-state index in [-0.39, 0.29) is 5.82 Å². The molecule has 0 saturated carbocycles. The third-order valence-electron chi connectivity index (χ3n) is 4.26. The molecule has 7 nitrogen and oxygen atoms in total. The van der Waals surface area contributed by atoms with Gasteiger partial charge in [-0.25, -0.2) is 14.4 Å². The summed E-state index contributed by atoms with van der Waals surface area (Å²) in [5.74, 6) is 1.22. The number of fused-ring (bicyclic) bond motifs is 1. The van der Waals surface area contributed by atoms with Crippen molar-refractivity contribution in [2.45, 2.75) is 18.9 Å². The first-order valence-corrected chi connectivity index (χ1v) is 8.26. The fourth-order valence-corrected chi connectivity index (χ4v) is 3.02. The topological polar surface area (TPSA) is 76.4 Å². The van der Waals surface area contributed by atoms with Gasteiger partial charge in [0.25, 0.3) is 0 Å². The van der Waals surface area contributed by atoms with Crippen LogP contribution in [0.25, 0.3) is 17.2 Å². The molecule has 0 amide bonds. The number of aromatic nitrogens is 4. The van der Waals surface area contributed by atoms with Gasteiger partial charge in [0.15, 0.2) is 5.82 Å². The van der Waals surface area contributed by atoms with E-state index in [0.29, 0.717) is 34.9 Å². The second-order valence-corrected chi connectivity index (χ2v) is 6.03. The Morgan fingerprint density at radius 1 is 1.36 bits per heavy atom. The van der Waals surface area contributed by atoms with Crippen LogP contribution in [-0.2, 0) is 0 Å². The molecule has 1 aliphatic heterocycles. The highest BCUT2D eigenvalue weighted by Gasteiger charge is 2.16. The Hall–Kier alpha value is -2.74. The Morgan fingerprint density at radius 2 is 2.28 bits per heavy atom. The summed E-state index contributed by atoms with van der Waals surface area (Å²) < 4.78 is 20.6. The number of ether oxygens (including phenoxy) is 1. The Kier molecular flexibility index (Phi) is 4.19. The molecule has 4 heterocycles. The van der Waals surface area contributed by atoms with Gasteiger partial charge in [-0.2, -0.15) is 4.98 Å². The molecule has 1 atom stereocenters. The van der Waals surface area contributed by atoms with Gasteiger partial charge in [-0.1, -0.05) is 0 Å². The average molecular weight is 342 g/mol. The number of rotatable bonds is 4. The molecule has 0 aliphatic carbocycles. The van der Waals surface area contributed by atoms with E-state index in [1.807, 2.05) is 0 Å². The molecule has 0 aromatic carbocycles. The Morgan fingerprint density at radius 3 is 3.08 bits per heavy atom. The Bertz CT molecular complexity index is 890. The fourth-order valence-electron chi connectivity index (χ4n) is 3.02. The number of hydrogen-bond acceptors (Lipinski definition) is 6. The van der Waals surface area contributed by atoms with Crippen LogP contribution in [0.3, 0.4) is 0 Å². The first-order chi connectivity index (χ1) is 12.2. The maximum atomic E-state index is 13.6. The minimum atomic E-state index is -0.346. The highest BCUT2D eigenvalue weighted by Crippen LogP contribution is 2.23. The molecule has 4 rings (SSSR count). The lowest BCUT2D eigenvalue weighted by molar-refractivity contribution is 0.397. The maximum absolute atomic E-state index is 13.6. The summed E-state index contributed by atoms with van der Waals surface area (Å²) in [5.41, 5.74) is 1.24. The largest absolute Gasteiger partial charge is 0.481 e. The molecule has 1 saturated heterocycles. The van der Waals surface area contributed by atoms with Crippen molar-refractivity contribution in [2.75, 3.05) is 25.5 Å². The summed E-state index contributed by atoms with van der Waals surface area (Å²) in [7, 11) is 1.56. The van der Waals surface area contributed by atoms with Gasteiger partial charge in [-0.3, -0.25) is 4.40 Å². The molecule has 0 spiro atoms. The molecular formula is C17H19FN6O. The van der Waals surface area contributed by atoms with Crippen molar-refractivity contribution < 1.29 is 9.13 Å². The minimum absolute atomic E-state index is 0.306. The monoisotopic (exact) mass is 342 g/mol. The van der Waals surface area contributed by atoms with Gasteiger partial charge in [0.1, 0.15) is 23.0 Å². The van der Waals surface area contributed by atoms with E-state index in [1.54, 1.807) is 29.8 Å². The van der Waals surface area contributed by atoms with E-state index in [0.717, 1.165) is 25.9 Å². The Labute approximate surface area is 144 Å². The maximum Gasteiger partial charge on any atom is 0.218 e. The molecule has 0 radical (unpaired) electrons. The van der Waals surface area contributed by atoms with E-state index < -0.39 is 0 Å². The van der Waals surface area contributed by atoms with E-state index in [2.05, 4.69) is 25.6 Å². The third kappa shape index (κ3) is 3.25. The number of nitrogens with one attached hydrogen (secondary N) is 2. The first-order valence-electron chi connectivity index (χ1n) is 8.26. The summed E-state index contributed by atoms with van der Waals surface area (Å²) in [6.45, 7) is 1.94. The second kappa shape index (κ2) is 6.64. The van der Waals surface area contributed by atoms with Gasteiger partial charge in [-0.15, -0.1) is 0 Å². The molecule has 1 fully saturated rings. The number of pyridine rings is 1. The SMILES string of the molecule is COc1cc(NC2CCCNC2)nc(-c2cnc3ccc(F)cn23)n1. The summed E-state index contributed by atoms with van der Waals surface area (Å²) in [4.78, 5) is 13.3. The highest BCUT2D eigenvalue weighted by atomic mass is 19.1. The van der Waals surface area contributed by atoms with Crippen molar-refractivity contribution in [3.05, 3.63) is 36.4 Å². The van der Waals surface area contributed by atoms with Crippen molar-refractivity contribution >= 4 is 11.5 Å². The number of halogens is 1. The van der Waals surface area contributed by atoms with Crippen molar-refractivity contribution in [2.24, 2.45) is 0 Å². The highest BCUT2D eigenvalue weighted by molar-refractivity contribution is 5.59. The lowest BCUT2D eigenvalue weighted by Crippen LogP contribution is -2.38. The van der Waals surface area contributed by atoms with Gasteiger partial charge in [0, 0.05) is 24.8 Å². The molecule has 0 bridgehead atoms. The smallest absolute Gasteiger partial charge is 0.218 e. The van der Waals surface area contributed by atoms with Crippen molar-refractivity contribution in [1.82, 2.24) is 24.7 Å². The van der Waals surface area contributed by atoms with Crippen LogP contribution in [0, 0.1) is 5.82 Å². The van der Waals surface area contributed by atoms with Crippen LogP contribution in [0.2, 0.25) is 0 Å². The molecule has 3 aromatic rings. The molecule has 1 unspecified atom stereocenters. The van der Waals surface area contributed by atoms with E-state index >= 15 is 0 Å². The third-order valence-corrected chi connectivity index (χ3v) is 4.26. The Balaban J connectivity index is 1.72. The first kappa shape index (κ1) is 15.8. The number of methoxy groups -OCH3 is 1. The zero-order valence-electron chi connectivity index (χ0n) is 13.9. The number of nitrogens with zero attached hydrogens (tertiary/aromatic N) is 4. The predicted molar refractivity (Wildman–Crippen MR) is 92.2 cm³/mol. The van der Waals surface area contributed by atoms with Crippen molar-refractivity contribution in [3.8, 4) is 17.4 Å². The van der Waals surface area contributed by atoms with Crippen LogP contribution in [0.15, 0.2) is 30.6 Å². The summed E-state index contributed by atoms with van der Waals surface area (Å²) in [5, 5.41) is 6.78. The van der Waals surface area contributed by atoms with E-state index in [1.165, 1.54) is 12.3 Å². The van der Waals surface area contributed by atoms with Crippen LogP contribution in [0.1, 0.15) is 12.8 Å². The lowest BCUT2D eigenvalue weighted by Gasteiger charge is -2.24. The van der Waals surface area contributed by atoms with Crippen molar-refractivity contribution in [1.29, 1.82) is 0 Å². The molecule has 8 heteroatoms. The molecule has 25 heavy (non-hydrogen) atoms. The summed E-state index contributed by atoms with van der Waals surface area (Å²) in [6, 6.07) is 5.07. The van der Waals surface area contributed by atoms with Crippen LogP contribution >= 0.6 is 0 Å². The fraction of sp³-hybridized carbons (Fsp3) is 0.353. The molecule has 2 N–H and O–H groups in total. The summed E-state index contributed by atoms with van der Waals surface area (Å²) in [6.07, 6.45) is 5.21. The summed E-state index contributed by atoms with van der Waals surface area (Å²) >= 11 is 0. The van der Waals surface area contributed by atoms with Crippen molar-refractivity contribution in [3.63, 3.8) is 0 Å². The normalized spacial score (nSPS) is 17.6. The van der Waals surface area contributed by atoms with Crippen LogP contribution in [0.4, 0.5) is 10.2 Å². The molecule has 3 aromatic heterocycles. The van der Waals surface area contributed by atoms with Gasteiger partial charge >= 0.3 is 0 Å². The second-order valence-electron chi connectivity index (χ2n) is 6.03. The van der Waals surface area contributed by atoms with Crippen LogP contribution < -0.4 is 15.4 Å². The molecule has 130 valence electrons. The number of hydrogen-bond donors (Lipinski definition) is 2. The molecule has 1 aliphatic rings. The lowest BCUT2D eigenvalue weighted by atomic mass is 10.1. The average Bonchev–Trinajstić information content (AvgIpc) is 3.05. The predicted octanol–water partition coefficient (Wildman–Crippen LogP) is 2.10. The number of imidazole rings is 1. The van der Waals surface area contributed by atoms with E-state index in [9.17, 15) is 4.39 Å². The van der Waals surface area contributed by atoms with Gasteiger partial charge in [-0.05, 0) is 31.5 Å². The van der Waals surface area contributed by atoms with Gasteiger partial charge in [0.2, 0.25) is 5.88 Å². The van der Waals surface area contributed by atoms with Gasteiger partial charge in [0.05, 0.1) is 13.3 Å². The zero-order valence-corrected chi connectivity index (χ0v) is 13.9. The number of piperidine rings is 1. The zero-order chi connectivity index (χ0) is 17.2. The van der Waals surface area contributed by atoms with E-state index in [4.69, 9.17) is 4.74 Å². The standard InChI is InChI=1S/C17H19FN6O/c1-25-16-7-14(21-12-3-2-6-19-8-12)22-17(23-16)13-9-20-15-5-4-11(18)10-24(13)15/h4-5,7,9-10,12,19H,2-3,6,8H2,1H3,(H,21,22,23). The van der Waals surface area contributed by atoms with Crippen LogP contribution in [0.5, 0.6) is 5.88 Å². The quantitative estimate of drug-likeness (QED) is 0.756. The van der Waals surface area contributed by atoms with Gasteiger partial charge < -0.3 is 15.4 Å². The molecular weight excluding hydrogens is 323 g/mol. The number of anilines is 1.